The van der Waals surface area contributed by atoms with E-state index in [1.54, 1.807) is 12.3 Å². The number of aromatic nitrogens is 1. The number of carbonyl (C=O) groups is 1. The van der Waals surface area contributed by atoms with Crippen LogP contribution in [-0.4, -0.2) is 24.5 Å². The fraction of sp³-hybridized carbons (Fsp3) is 0.400. The molecule has 1 rings (SSSR count). The zero-order valence-electron chi connectivity index (χ0n) is 8.89. The Balaban J connectivity index is 2.52. The van der Waals surface area contributed by atoms with Gasteiger partial charge in [-0.2, -0.15) is 0 Å². The van der Waals surface area contributed by atoms with Crippen molar-refractivity contribution in [3.8, 4) is 0 Å². The van der Waals surface area contributed by atoms with Crippen molar-refractivity contribution in [2.75, 3.05) is 18.9 Å². The average Bonchev–Trinajstić information content (AvgIpc) is 2.24. The van der Waals surface area contributed by atoms with E-state index in [-0.39, 0.29) is 5.91 Å². The predicted molar refractivity (Wildman–Crippen MR) is 68.7 cm³/mol. The molecule has 0 aliphatic heterocycles. The number of rotatable bonds is 5. The highest BCUT2D eigenvalue weighted by Crippen LogP contribution is 2.22. The number of nitrogens with one attached hydrogen (secondary N) is 2. The Hall–Kier alpha value is -0.650. The van der Waals surface area contributed by atoms with Gasteiger partial charge < -0.3 is 10.6 Å². The van der Waals surface area contributed by atoms with E-state index in [2.05, 4.69) is 31.5 Å². The van der Waals surface area contributed by atoms with Crippen molar-refractivity contribution in [1.29, 1.82) is 0 Å². The van der Waals surface area contributed by atoms with Crippen molar-refractivity contribution in [3.63, 3.8) is 0 Å². The van der Waals surface area contributed by atoms with Crippen LogP contribution in [0.15, 0.2) is 16.7 Å². The maximum absolute atomic E-state index is 11.5. The number of halogens is 2. The Morgan fingerprint density at radius 3 is 3.06 bits per heavy atom. The summed E-state index contributed by atoms with van der Waals surface area (Å²) in [5, 5.41) is 6.00. The van der Waals surface area contributed by atoms with Gasteiger partial charge in [0.1, 0.15) is 0 Å². The van der Waals surface area contributed by atoms with E-state index in [4.69, 9.17) is 11.6 Å². The fourth-order valence-corrected chi connectivity index (χ4v) is 1.63. The lowest BCUT2D eigenvalue weighted by Gasteiger charge is -2.06. The molecule has 1 amide bonds. The molecule has 0 aromatic carbocycles. The lowest BCUT2D eigenvalue weighted by atomic mass is 10.3. The molecule has 4 nitrogen and oxygen atoms in total. The highest BCUT2D eigenvalue weighted by atomic mass is 79.9. The molecule has 2 N–H and O–H groups in total. The highest BCUT2D eigenvalue weighted by molar-refractivity contribution is 9.10. The summed E-state index contributed by atoms with van der Waals surface area (Å²) in [4.78, 5) is 15.4. The van der Waals surface area contributed by atoms with E-state index in [1.807, 2.05) is 7.05 Å². The standard InChI is InChI=1S/C10H13BrClN3O/c1-13-4-2-3-9(16)15-8-5-7(11)6-14-10(8)12/h5-6,13H,2-4H2,1H3,(H,15,16). The molecule has 88 valence electrons. The third-order valence-electron chi connectivity index (χ3n) is 1.91. The molecular formula is C10H13BrClN3O. The SMILES string of the molecule is CNCCCC(=O)Nc1cc(Br)cnc1Cl. The van der Waals surface area contributed by atoms with Crippen LogP contribution < -0.4 is 10.6 Å². The molecule has 0 atom stereocenters. The number of pyridine rings is 1. The quantitative estimate of drug-likeness (QED) is 0.649. The normalized spacial score (nSPS) is 10.2. The van der Waals surface area contributed by atoms with Crippen molar-refractivity contribution < 1.29 is 4.79 Å². The van der Waals surface area contributed by atoms with Crippen LogP contribution >= 0.6 is 27.5 Å². The average molecular weight is 307 g/mol. The Kier molecular flexibility index (Phi) is 5.73. The number of hydrogen-bond acceptors (Lipinski definition) is 3. The number of nitrogens with zero attached hydrogens (tertiary/aromatic N) is 1. The Morgan fingerprint density at radius 2 is 2.38 bits per heavy atom. The summed E-state index contributed by atoms with van der Waals surface area (Å²) in [5.74, 6) is -0.0583. The van der Waals surface area contributed by atoms with Gasteiger partial charge in [0.25, 0.3) is 0 Å². The van der Waals surface area contributed by atoms with Crippen LogP contribution in [0, 0.1) is 0 Å². The minimum Gasteiger partial charge on any atom is -0.323 e. The summed E-state index contributed by atoms with van der Waals surface area (Å²) < 4.78 is 0.780. The van der Waals surface area contributed by atoms with Crippen molar-refractivity contribution in [2.45, 2.75) is 12.8 Å². The van der Waals surface area contributed by atoms with E-state index in [0.29, 0.717) is 17.3 Å². The lowest BCUT2D eigenvalue weighted by Crippen LogP contribution is -2.15. The molecule has 0 aliphatic rings. The van der Waals surface area contributed by atoms with Gasteiger partial charge in [-0.1, -0.05) is 11.6 Å². The molecule has 1 heterocycles. The molecule has 0 unspecified atom stereocenters. The first-order chi connectivity index (χ1) is 7.63. The van der Waals surface area contributed by atoms with Gasteiger partial charge in [-0.05, 0) is 42.0 Å². The fourth-order valence-electron chi connectivity index (χ4n) is 1.15. The van der Waals surface area contributed by atoms with Gasteiger partial charge in [-0.25, -0.2) is 4.98 Å². The monoisotopic (exact) mass is 305 g/mol. The predicted octanol–water partition coefficient (Wildman–Crippen LogP) is 2.44. The first-order valence-electron chi connectivity index (χ1n) is 4.89. The highest BCUT2D eigenvalue weighted by Gasteiger charge is 2.06. The zero-order chi connectivity index (χ0) is 12.0. The van der Waals surface area contributed by atoms with Crippen molar-refractivity contribution in [3.05, 3.63) is 21.9 Å². The second-order valence-corrected chi connectivity index (χ2v) is 4.52. The minimum absolute atomic E-state index is 0.0583. The molecule has 1 aromatic rings. The van der Waals surface area contributed by atoms with Gasteiger partial charge in [0.2, 0.25) is 5.91 Å². The van der Waals surface area contributed by atoms with E-state index < -0.39 is 0 Å². The van der Waals surface area contributed by atoms with E-state index in [9.17, 15) is 4.79 Å². The molecule has 0 radical (unpaired) electrons. The van der Waals surface area contributed by atoms with Crippen LogP contribution in [0.2, 0.25) is 5.15 Å². The van der Waals surface area contributed by atoms with E-state index in [1.165, 1.54) is 0 Å². The summed E-state index contributed by atoms with van der Waals surface area (Å²) >= 11 is 9.11. The lowest BCUT2D eigenvalue weighted by molar-refractivity contribution is -0.116. The first-order valence-corrected chi connectivity index (χ1v) is 6.06. The van der Waals surface area contributed by atoms with Gasteiger partial charge in [0.05, 0.1) is 5.69 Å². The van der Waals surface area contributed by atoms with Crippen LogP contribution in [0.25, 0.3) is 0 Å². The van der Waals surface area contributed by atoms with Crippen molar-refractivity contribution in [2.24, 2.45) is 0 Å². The maximum Gasteiger partial charge on any atom is 0.224 e. The van der Waals surface area contributed by atoms with Crippen LogP contribution in [0.4, 0.5) is 5.69 Å². The molecule has 0 spiro atoms. The summed E-state index contributed by atoms with van der Waals surface area (Å²) in [5.41, 5.74) is 0.533. The van der Waals surface area contributed by atoms with Gasteiger partial charge in [0.15, 0.2) is 5.15 Å². The molecule has 0 saturated carbocycles. The summed E-state index contributed by atoms with van der Waals surface area (Å²) in [7, 11) is 1.85. The van der Waals surface area contributed by atoms with Crippen LogP contribution in [0.3, 0.4) is 0 Å². The second kappa shape index (κ2) is 6.83. The molecular weight excluding hydrogens is 293 g/mol. The van der Waals surface area contributed by atoms with Crippen LogP contribution in [0.1, 0.15) is 12.8 Å². The molecule has 0 saturated heterocycles. The smallest absolute Gasteiger partial charge is 0.224 e. The van der Waals surface area contributed by atoms with E-state index >= 15 is 0 Å². The van der Waals surface area contributed by atoms with Crippen LogP contribution in [0.5, 0.6) is 0 Å². The third-order valence-corrected chi connectivity index (χ3v) is 2.65. The molecule has 0 aliphatic carbocycles. The largest absolute Gasteiger partial charge is 0.323 e. The molecule has 6 heteroatoms. The number of anilines is 1. The summed E-state index contributed by atoms with van der Waals surface area (Å²) in [6.07, 6.45) is 2.84. The second-order valence-electron chi connectivity index (χ2n) is 3.25. The summed E-state index contributed by atoms with van der Waals surface area (Å²) in [6.45, 7) is 0.817. The van der Waals surface area contributed by atoms with Crippen molar-refractivity contribution in [1.82, 2.24) is 10.3 Å². The minimum atomic E-state index is -0.0583. The van der Waals surface area contributed by atoms with Crippen molar-refractivity contribution >= 4 is 39.1 Å². The van der Waals surface area contributed by atoms with Gasteiger partial charge in [0, 0.05) is 17.1 Å². The molecule has 16 heavy (non-hydrogen) atoms. The Labute approximate surface area is 108 Å². The maximum atomic E-state index is 11.5. The molecule has 1 aromatic heterocycles. The topological polar surface area (TPSA) is 54.0 Å². The Bertz CT molecular complexity index is 373. The number of amides is 1. The third kappa shape index (κ3) is 4.47. The molecule has 0 bridgehead atoms. The first kappa shape index (κ1) is 13.4. The van der Waals surface area contributed by atoms with Crippen LogP contribution in [-0.2, 0) is 4.79 Å². The number of hydrogen-bond donors (Lipinski definition) is 2. The van der Waals surface area contributed by atoms with Gasteiger partial charge in [-0.3, -0.25) is 4.79 Å². The van der Waals surface area contributed by atoms with E-state index in [0.717, 1.165) is 17.4 Å². The summed E-state index contributed by atoms with van der Waals surface area (Å²) in [6, 6.07) is 1.73. The zero-order valence-corrected chi connectivity index (χ0v) is 11.2. The van der Waals surface area contributed by atoms with Gasteiger partial charge in [-0.15, -0.1) is 0 Å². The molecule has 0 fully saturated rings. The number of carbonyl (C=O) groups excluding carboxylic acids is 1. The Morgan fingerprint density at radius 1 is 1.62 bits per heavy atom. The van der Waals surface area contributed by atoms with Gasteiger partial charge >= 0.3 is 0 Å².